The minimum Gasteiger partial charge on any atom is -0.497 e. The van der Waals surface area contributed by atoms with Crippen LogP contribution in [0.1, 0.15) is 18.4 Å². The van der Waals surface area contributed by atoms with Crippen LogP contribution >= 0.6 is 0 Å². The van der Waals surface area contributed by atoms with Crippen molar-refractivity contribution in [2.24, 2.45) is 5.73 Å². The molecule has 1 unspecified atom stereocenters. The van der Waals surface area contributed by atoms with Gasteiger partial charge in [-0.25, -0.2) is 0 Å². The van der Waals surface area contributed by atoms with Crippen molar-refractivity contribution >= 4 is 6.08 Å². The number of methoxy groups -OCH3 is 1. The number of hydrogen-bond donors (Lipinski definition) is 1. The van der Waals surface area contributed by atoms with Gasteiger partial charge in [0.15, 0.2) is 0 Å². The predicted octanol–water partition coefficient (Wildman–Crippen LogP) is 2.13. The molecule has 3 nitrogen and oxygen atoms in total. The lowest BCUT2D eigenvalue weighted by atomic mass is 10.1. The Bertz CT molecular complexity index is 386. The van der Waals surface area contributed by atoms with Crippen LogP contribution in [-0.4, -0.2) is 37.7 Å². The summed E-state index contributed by atoms with van der Waals surface area (Å²) in [6.07, 6.45) is 6.75. The van der Waals surface area contributed by atoms with E-state index in [0.29, 0.717) is 6.04 Å². The van der Waals surface area contributed by atoms with E-state index in [1.807, 2.05) is 12.1 Å². The Morgan fingerprint density at radius 1 is 1.39 bits per heavy atom. The van der Waals surface area contributed by atoms with Crippen LogP contribution in [0.15, 0.2) is 30.3 Å². The predicted molar refractivity (Wildman–Crippen MR) is 75.7 cm³/mol. The second-order valence-electron chi connectivity index (χ2n) is 4.84. The van der Waals surface area contributed by atoms with Crippen molar-refractivity contribution < 1.29 is 4.74 Å². The fourth-order valence-electron chi connectivity index (χ4n) is 2.31. The van der Waals surface area contributed by atoms with Crippen molar-refractivity contribution in [3.63, 3.8) is 0 Å². The standard InChI is InChI=1S/C15H22N2O/c1-18-15-8-6-13(7-9-15)4-2-10-17-11-3-5-14(16)12-17/h2,4,6-9,14H,3,5,10-12,16H2,1H3/b4-2+. The molecule has 18 heavy (non-hydrogen) atoms. The van der Waals surface area contributed by atoms with Gasteiger partial charge in [-0.05, 0) is 37.1 Å². The average Bonchev–Trinajstić information content (AvgIpc) is 2.40. The van der Waals surface area contributed by atoms with E-state index in [4.69, 9.17) is 10.5 Å². The molecule has 1 aromatic carbocycles. The third kappa shape index (κ3) is 3.86. The molecule has 1 atom stereocenters. The molecule has 0 spiro atoms. The fourth-order valence-corrected chi connectivity index (χ4v) is 2.31. The molecule has 1 saturated heterocycles. The van der Waals surface area contributed by atoms with E-state index in [-0.39, 0.29) is 0 Å². The van der Waals surface area contributed by atoms with E-state index in [1.165, 1.54) is 24.9 Å². The van der Waals surface area contributed by atoms with Crippen LogP contribution in [0.25, 0.3) is 6.08 Å². The summed E-state index contributed by atoms with van der Waals surface area (Å²) < 4.78 is 5.13. The monoisotopic (exact) mass is 246 g/mol. The maximum atomic E-state index is 5.96. The summed E-state index contributed by atoms with van der Waals surface area (Å²) in [6.45, 7) is 3.17. The molecule has 3 heteroatoms. The summed E-state index contributed by atoms with van der Waals surface area (Å²) >= 11 is 0. The van der Waals surface area contributed by atoms with Crippen molar-refractivity contribution in [2.45, 2.75) is 18.9 Å². The number of piperidine rings is 1. The van der Waals surface area contributed by atoms with Crippen LogP contribution in [0, 0.1) is 0 Å². The molecule has 0 saturated carbocycles. The van der Waals surface area contributed by atoms with Gasteiger partial charge in [0.1, 0.15) is 5.75 Å². The molecule has 0 radical (unpaired) electrons. The molecule has 2 rings (SSSR count). The van der Waals surface area contributed by atoms with Crippen LogP contribution in [0.4, 0.5) is 0 Å². The van der Waals surface area contributed by atoms with Gasteiger partial charge in [-0.2, -0.15) is 0 Å². The topological polar surface area (TPSA) is 38.5 Å². The molecule has 1 aliphatic rings. The first-order chi connectivity index (χ1) is 8.78. The Morgan fingerprint density at radius 2 is 2.17 bits per heavy atom. The largest absolute Gasteiger partial charge is 0.497 e. The van der Waals surface area contributed by atoms with Gasteiger partial charge < -0.3 is 10.5 Å². The maximum Gasteiger partial charge on any atom is 0.118 e. The van der Waals surface area contributed by atoms with Crippen molar-refractivity contribution in [1.82, 2.24) is 4.90 Å². The van der Waals surface area contributed by atoms with Gasteiger partial charge in [0.25, 0.3) is 0 Å². The number of hydrogen-bond acceptors (Lipinski definition) is 3. The molecule has 1 fully saturated rings. The molecule has 98 valence electrons. The van der Waals surface area contributed by atoms with Crippen LogP contribution in [0.2, 0.25) is 0 Å². The maximum absolute atomic E-state index is 5.96. The lowest BCUT2D eigenvalue weighted by Crippen LogP contribution is -2.42. The number of ether oxygens (including phenoxy) is 1. The minimum absolute atomic E-state index is 0.355. The Kier molecular flexibility index (Phi) is 4.79. The molecule has 0 amide bonds. The third-order valence-corrected chi connectivity index (χ3v) is 3.33. The highest BCUT2D eigenvalue weighted by Crippen LogP contribution is 2.13. The molecule has 2 N–H and O–H groups in total. The van der Waals surface area contributed by atoms with E-state index in [9.17, 15) is 0 Å². The van der Waals surface area contributed by atoms with Gasteiger partial charge in [0.05, 0.1) is 7.11 Å². The first-order valence-electron chi connectivity index (χ1n) is 6.56. The van der Waals surface area contributed by atoms with E-state index in [1.54, 1.807) is 7.11 Å². The SMILES string of the molecule is COc1ccc(/C=C/CN2CCCC(N)C2)cc1. The van der Waals surface area contributed by atoms with E-state index < -0.39 is 0 Å². The molecular formula is C15H22N2O. The zero-order chi connectivity index (χ0) is 12.8. The van der Waals surface area contributed by atoms with Crippen LogP contribution in [-0.2, 0) is 0 Å². The smallest absolute Gasteiger partial charge is 0.118 e. The number of rotatable bonds is 4. The summed E-state index contributed by atoms with van der Waals surface area (Å²) in [4.78, 5) is 2.41. The van der Waals surface area contributed by atoms with Crippen LogP contribution in [0.5, 0.6) is 5.75 Å². The quantitative estimate of drug-likeness (QED) is 0.884. The molecule has 1 heterocycles. The Morgan fingerprint density at radius 3 is 2.83 bits per heavy atom. The van der Waals surface area contributed by atoms with E-state index in [2.05, 4.69) is 29.2 Å². The minimum atomic E-state index is 0.355. The number of nitrogens with two attached hydrogens (primary N) is 1. The third-order valence-electron chi connectivity index (χ3n) is 3.33. The highest BCUT2D eigenvalue weighted by Gasteiger charge is 2.14. The lowest BCUT2D eigenvalue weighted by Gasteiger charge is -2.29. The number of nitrogens with zero attached hydrogens (tertiary/aromatic N) is 1. The zero-order valence-electron chi connectivity index (χ0n) is 11.0. The summed E-state index contributed by atoms with van der Waals surface area (Å²) in [6, 6.07) is 8.45. The van der Waals surface area contributed by atoms with Gasteiger partial charge in [-0.1, -0.05) is 24.3 Å². The Labute approximate surface area is 109 Å². The van der Waals surface area contributed by atoms with Crippen LogP contribution in [0.3, 0.4) is 0 Å². The van der Waals surface area contributed by atoms with E-state index in [0.717, 1.165) is 18.8 Å². The molecule has 0 bridgehead atoms. The first-order valence-corrected chi connectivity index (χ1v) is 6.56. The summed E-state index contributed by atoms with van der Waals surface area (Å²) in [5.41, 5.74) is 7.17. The molecule has 1 aromatic rings. The van der Waals surface area contributed by atoms with Crippen molar-refractivity contribution in [2.75, 3.05) is 26.7 Å². The zero-order valence-corrected chi connectivity index (χ0v) is 11.0. The Hall–Kier alpha value is -1.32. The molecular weight excluding hydrogens is 224 g/mol. The number of benzene rings is 1. The highest BCUT2D eigenvalue weighted by molar-refractivity contribution is 5.50. The van der Waals surface area contributed by atoms with Gasteiger partial charge in [-0.3, -0.25) is 4.90 Å². The normalized spacial score (nSPS) is 21.3. The second-order valence-corrected chi connectivity index (χ2v) is 4.84. The summed E-state index contributed by atoms with van der Waals surface area (Å²) in [5.74, 6) is 0.897. The second kappa shape index (κ2) is 6.57. The summed E-state index contributed by atoms with van der Waals surface area (Å²) in [5, 5.41) is 0. The van der Waals surface area contributed by atoms with Gasteiger partial charge in [0.2, 0.25) is 0 Å². The van der Waals surface area contributed by atoms with E-state index >= 15 is 0 Å². The Balaban J connectivity index is 1.82. The molecule has 0 aromatic heterocycles. The molecule has 0 aliphatic carbocycles. The lowest BCUT2D eigenvalue weighted by molar-refractivity contribution is 0.229. The number of likely N-dealkylation sites (tertiary alicyclic amines) is 1. The van der Waals surface area contributed by atoms with Gasteiger partial charge in [0, 0.05) is 19.1 Å². The molecule has 1 aliphatic heterocycles. The van der Waals surface area contributed by atoms with Crippen molar-refractivity contribution in [3.8, 4) is 5.75 Å². The van der Waals surface area contributed by atoms with Gasteiger partial charge >= 0.3 is 0 Å². The summed E-state index contributed by atoms with van der Waals surface area (Å²) in [7, 11) is 1.68. The van der Waals surface area contributed by atoms with Gasteiger partial charge in [-0.15, -0.1) is 0 Å². The first kappa shape index (κ1) is 13.1. The fraction of sp³-hybridized carbons (Fsp3) is 0.467. The average molecular weight is 246 g/mol. The van der Waals surface area contributed by atoms with Crippen molar-refractivity contribution in [3.05, 3.63) is 35.9 Å². The van der Waals surface area contributed by atoms with Crippen molar-refractivity contribution in [1.29, 1.82) is 0 Å². The van der Waals surface area contributed by atoms with Crippen LogP contribution < -0.4 is 10.5 Å². The highest BCUT2D eigenvalue weighted by atomic mass is 16.5.